The van der Waals surface area contributed by atoms with E-state index in [4.69, 9.17) is 19.2 Å². The van der Waals surface area contributed by atoms with Gasteiger partial charge < -0.3 is 14.2 Å². The van der Waals surface area contributed by atoms with E-state index >= 15 is 0 Å². The fourth-order valence-corrected chi connectivity index (χ4v) is 6.99. The molecule has 0 saturated carbocycles. The smallest absolute Gasteiger partial charge is 0.260 e. The molecule has 0 unspecified atom stereocenters. The maximum absolute atomic E-state index is 6.48. The average Bonchev–Trinajstić information content (AvgIpc) is 3.08. The third-order valence-electron chi connectivity index (χ3n) is 9.04. The summed E-state index contributed by atoms with van der Waals surface area (Å²) in [4.78, 5) is 9.36. The van der Waals surface area contributed by atoms with Crippen LogP contribution in [0.15, 0.2) is 128 Å². The Morgan fingerprint density at radius 3 is 2.13 bits per heavy atom. The fourth-order valence-electron chi connectivity index (χ4n) is 6.99. The van der Waals surface area contributed by atoms with Gasteiger partial charge in [-0.05, 0) is 107 Å². The maximum Gasteiger partial charge on any atom is 0.260 e. The largest absolute Gasteiger partial charge is 0.458 e. The lowest BCUT2D eigenvalue weighted by atomic mass is 9.34. The van der Waals surface area contributed by atoms with Crippen molar-refractivity contribution in [1.29, 1.82) is 0 Å². The summed E-state index contributed by atoms with van der Waals surface area (Å²) in [5, 5.41) is 2.27. The third-order valence-corrected chi connectivity index (χ3v) is 9.04. The van der Waals surface area contributed by atoms with Gasteiger partial charge in [-0.3, -0.25) is 4.98 Å². The summed E-state index contributed by atoms with van der Waals surface area (Å²) in [5.41, 5.74) is 9.77. The van der Waals surface area contributed by atoms with Crippen LogP contribution >= 0.6 is 0 Å². The number of nitrogens with zero attached hydrogens (tertiary/aromatic N) is 2. The Hall–Kier alpha value is -5.88. The SMILES string of the molecule is Cc1cccc(C)c1-c1ccnc(Oc2ccc3c(c2)B2c4cc(-c5nccc6ccccc56)ccc4Oc4cccc(c42)O3)c1. The highest BCUT2D eigenvalue weighted by molar-refractivity contribution is 6.98. The molecule has 0 atom stereocenters. The number of hydrogen-bond donors (Lipinski definition) is 0. The van der Waals surface area contributed by atoms with Crippen molar-refractivity contribution in [2.45, 2.75) is 13.8 Å². The van der Waals surface area contributed by atoms with Gasteiger partial charge in [-0.15, -0.1) is 0 Å². The first-order chi connectivity index (χ1) is 22.6. The number of fused-ring (bicyclic) bond motifs is 5. The van der Waals surface area contributed by atoms with Crippen LogP contribution in [0.2, 0.25) is 0 Å². The Morgan fingerprint density at radius 2 is 1.30 bits per heavy atom. The second-order valence-corrected chi connectivity index (χ2v) is 11.9. The van der Waals surface area contributed by atoms with Crippen LogP contribution in [0.3, 0.4) is 0 Å². The third kappa shape index (κ3) is 4.26. The van der Waals surface area contributed by atoms with Crippen LogP contribution in [-0.4, -0.2) is 16.7 Å². The lowest BCUT2D eigenvalue weighted by Gasteiger charge is -2.33. The molecule has 46 heavy (non-hydrogen) atoms. The molecule has 7 aromatic rings. The van der Waals surface area contributed by atoms with Crippen LogP contribution in [0.1, 0.15) is 11.1 Å². The first kappa shape index (κ1) is 26.5. The molecule has 5 nitrogen and oxygen atoms in total. The molecule has 0 bridgehead atoms. The summed E-state index contributed by atoms with van der Waals surface area (Å²) in [6.45, 7) is 4.14. The van der Waals surface area contributed by atoms with Crippen LogP contribution in [0, 0.1) is 13.8 Å². The molecule has 5 aromatic carbocycles. The molecule has 0 N–H and O–H groups in total. The van der Waals surface area contributed by atoms with E-state index in [1.165, 1.54) is 16.7 Å². The van der Waals surface area contributed by atoms with Gasteiger partial charge >= 0.3 is 0 Å². The van der Waals surface area contributed by atoms with Crippen LogP contribution < -0.4 is 30.6 Å². The van der Waals surface area contributed by atoms with Crippen LogP contribution in [0.5, 0.6) is 34.6 Å². The van der Waals surface area contributed by atoms with Gasteiger partial charge in [-0.1, -0.05) is 54.6 Å². The molecule has 0 saturated heterocycles. The van der Waals surface area contributed by atoms with Gasteiger partial charge in [0.25, 0.3) is 6.71 Å². The van der Waals surface area contributed by atoms with E-state index in [1.54, 1.807) is 6.20 Å². The zero-order chi connectivity index (χ0) is 30.8. The Kier molecular flexibility index (Phi) is 5.97. The molecule has 218 valence electrons. The van der Waals surface area contributed by atoms with Gasteiger partial charge in [0.2, 0.25) is 5.88 Å². The van der Waals surface area contributed by atoms with Gasteiger partial charge in [-0.2, -0.15) is 0 Å². The molecule has 9 rings (SSSR count). The van der Waals surface area contributed by atoms with E-state index in [0.29, 0.717) is 11.6 Å². The van der Waals surface area contributed by atoms with Gasteiger partial charge in [-0.25, -0.2) is 4.98 Å². The average molecular weight is 594 g/mol. The molecule has 0 radical (unpaired) electrons. The molecule has 2 aromatic heterocycles. The highest BCUT2D eigenvalue weighted by Crippen LogP contribution is 2.37. The van der Waals surface area contributed by atoms with Crippen molar-refractivity contribution in [2.24, 2.45) is 0 Å². The minimum atomic E-state index is -0.119. The maximum atomic E-state index is 6.48. The van der Waals surface area contributed by atoms with Crippen molar-refractivity contribution < 1.29 is 14.2 Å². The first-order valence-electron chi connectivity index (χ1n) is 15.4. The normalized spacial score (nSPS) is 12.4. The van der Waals surface area contributed by atoms with Gasteiger partial charge in [0.05, 0.1) is 5.69 Å². The van der Waals surface area contributed by atoms with Crippen molar-refractivity contribution >= 4 is 33.9 Å². The van der Waals surface area contributed by atoms with Crippen molar-refractivity contribution in [3.8, 4) is 57.0 Å². The quantitative estimate of drug-likeness (QED) is 0.193. The van der Waals surface area contributed by atoms with Crippen molar-refractivity contribution in [2.75, 3.05) is 0 Å². The molecule has 2 aliphatic heterocycles. The summed E-state index contributed by atoms with van der Waals surface area (Å²) in [5.74, 6) is 4.43. The van der Waals surface area contributed by atoms with Gasteiger partial charge in [0, 0.05) is 34.9 Å². The molecule has 0 spiro atoms. The number of pyridine rings is 2. The molecular formula is C40H27BN2O3. The van der Waals surface area contributed by atoms with E-state index in [9.17, 15) is 0 Å². The number of ether oxygens (including phenoxy) is 3. The van der Waals surface area contributed by atoms with E-state index in [2.05, 4.69) is 85.6 Å². The summed E-state index contributed by atoms with van der Waals surface area (Å²) < 4.78 is 19.4. The second-order valence-electron chi connectivity index (χ2n) is 11.9. The predicted molar refractivity (Wildman–Crippen MR) is 184 cm³/mol. The van der Waals surface area contributed by atoms with E-state index < -0.39 is 0 Å². The van der Waals surface area contributed by atoms with Crippen LogP contribution in [0.4, 0.5) is 0 Å². The van der Waals surface area contributed by atoms with E-state index in [0.717, 1.165) is 67.0 Å². The Labute approximate surface area is 267 Å². The molecule has 2 aliphatic rings. The first-order valence-corrected chi connectivity index (χ1v) is 15.4. The number of rotatable bonds is 4. The van der Waals surface area contributed by atoms with E-state index in [-0.39, 0.29) is 6.71 Å². The number of aromatic nitrogens is 2. The zero-order valence-electron chi connectivity index (χ0n) is 25.3. The molecular weight excluding hydrogens is 567 g/mol. The molecule has 6 heteroatoms. The van der Waals surface area contributed by atoms with E-state index in [1.807, 2.05) is 54.7 Å². The van der Waals surface area contributed by atoms with Crippen LogP contribution in [0.25, 0.3) is 33.2 Å². The molecule has 0 aliphatic carbocycles. The Balaban J connectivity index is 1.15. The number of aryl methyl sites for hydroxylation is 2. The summed E-state index contributed by atoms with van der Waals surface area (Å²) in [7, 11) is 0. The van der Waals surface area contributed by atoms with Gasteiger partial charge in [0.15, 0.2) is 0 Å². The predicted octanol–water partition coefficient (Wildman–Crippen LogP) is 8.10. The zero-order valence-corrected chi connectivity index (χ0v) is 25.3. The van der Waals surface area contributed by atoms with Crippen LogP contribution in [-0.2, 0) is 0 Å². The Morgan fingerprint density at radius 1 is 0.587 bits per heavy atom. The molecule has 0 amide bonds. The fraction of sp³-hybridized carbons (Fsp3) is 0.0500. The summed E-state index contributed by atoms with van der Waals surface area (Å²) >= 11 is 0. The number of hydrogen-bond acceptors (Lipinski definition) is 5. The monoisotopic (exact) mass is 594 g/mol. The highest BCUT2D eigenvalue weighted by atomic mass is 16.5. The lowest BCUT2D eigenvalue weighted by Crippen LogP contribution is -2.57. The summed E-state index contributed by atoms with van der Waals surface area (Å²) in [6, 6.07) is 39.1. The van der Waals surface area contributed by atoms with Crippen molar-refractivity contribution in [3.05, 3.63) is 139 Å². The van der Waals surface area contributed by atoms with Crippen molar-refractivity contribution in [3.63, 3.8) is 0 Å². The molecule has 0 fully saturated rings. The summed E-state index contributed by atoms with van der Waals surface area (Å²) in [6.07, 6.45) is 3.68. The topological polar surface area (TPSA) is 53.5 Å². The Bertz CT molecular complexity index is 2310. The highest BCUT2D eigenvalue weighted by Gasteiger charge is 2.40. The molecule has 4 heterocycles. The number of benzene rings is 5. The minimum Gasteiger partial charge on any atom is -0.458 e. The second kappa shape index (κ2) is 10.4. The lowest BCUT2D eigenvalue weighted by molar-refractivity contribution is 0.454. The minimum absolute atomic E-state index is 0.119. The van der Waals surface area contributed by atoms with Crippen molar-refractivity contribution in [1.82, 2.24) is 9.97 Å². The standard InChI is InChI=1S/C40H27BN2O3/c1-24-7-5-8-25(2)38(24)27-18-19-42-37(22-27)44-29-14-16-34-32(23-29)41-31-21-28(40-30-10-4-3-9-26(30)17-20-43-40)13-15-33(31)45-35-11-6-12-36(46-34)39(35)41/h3-23H,1-2H3. The van der Waals surface area contributed by atoms with Gasteiger partial charge in [0.1, 0.15) is 28.7 Å².